The maximum atomic E-state index is 2.39. The van der Waals surface area contributed by atoms with E-state index in [-0.39, 0.29) is 5.41 Å². The predicted molar refractivity (Wildman–Crippen MR) is 261 cm³/mol. The SMILES string of the molecule is CC1(c2ccc(N(c3ccc(-c4ccc5c(c4)c4cc(-c6ccccc6)ccc4n5-c4ccccc4)cc3)c3ccc4ccccc4c3)cc2)c2ccccc2-c2ccccc21. The van der Waals surface area contributed by atoms with Gasteiger partial charge in [0.2, 0.25) is 0 Å². The molecule has 2 heteroatoms. The Hall–Kier alpha value is -7.94. The highest BCUT2D eigenvalue weighted by Crippen LogP contribution is 2.52. The number of anilines is 3. The Bertz CT molecular complexity index is 3410. The van der Waals surface area contributed by atoms with E-state index in [1.807, 2.05) is 0 Å². The van der Waals surface area contributed by atoms with Crippen molar-refractivity contribution in [3.63, 3.8) is 0 Å². The van der Waals surface area contributed by atoms with Gasteiger partial charge >= 0.3 is 0 Å². The third-order valence-electron chi connectivity index (χ3n) is 13.3. The van der Waals surface area contributed by atoms with Gasteiger partial charge in [-0.2, -0.15) is 0 Å². The van der Waals surface area contributed by atoms with Crippen LogP contribution in [0.2, 0.25) is 0 Å². The van der Waals surface area contributed by atoms with Gasteiger partial charge in [-0.1, -0.05) is 164 Å². The number of fused-ring (bicyclic) bond motifs is 7. The fourth-order valence-electron chi connectivity index (χ4n) is 10.1. The summed E-state index contributed by atoms with van der Waals surface area (Å²) in [5.41, 5.74) is 18.1. The van der Waals surface area contributed by atoms with E-state index in [0.29, 0.717) is 0 Å². The Morgan fingerprint density at radius 2 is 0.823 bits per heavy atom. The molecular weight excluding hydrogens is 749 g/mol. The van der Waals surface area contributed by atoms with Gasteiger partial charge in [0.1, 0.15) is 0 Å². The molecule has 1 heterocycles. The molecule has 62 heavy (non-hydrogen) atoms. The second-order valence-electron chi connectivity index (χ2n) is 16.7. The van der Waals surface area contributed by atoms with Gasteiger partial charge in [-0.15, -0.1) is 0 Å². The summed E-state index contributed by atoms with van der Waals surface area (Å²) in [6, 6.07) is 86.7. The largest absolute Gasteiger partial charge is 0.310 e. The van der Waals surface area contributed by atoms with E-state index in [1.54, 1.807) is 0 Å². The Kier molecular flexibility index (Phi) is 8.33. The topological polar surface area (TPSA) is 8.17 Å². The van der Waals surface area contributed by atoms with Crippen molar-refractivity contribution in [3.8, 4) is 39.1 Å². The number of hydrogen-bond acceptors (Lipinski definition) is 1. The summed E-state index contributed by atoms with van der Waals surface area (Å²) in [6.45, 7) is 2.38. The molecule has 0 bridgehead atoms. The maximum Gasteiger partial charge on any atom is 0.0541 e. The Morgan fingerprint density at radius 3 is 1.44 bits per heavy atom. The quantitative estimate of drug-likeness (QED) is 0.156. The van der Waals surface area contributed by atoms with Gasteiger partial charge in [-0.3, -0.25) is 0 Å². The third-order valence-corrected chi connectivity index (χ3v) is 13.3. The van der Waals surface area contributed by atoms with Crippen LogP contribution in [-0.2, 0) is 5.41 Å². The summed E-state index contributed by atoms with van der Waals surface area (Å²) in [4.78, 5) is 2.39. The molecule has 1 aromatic heterocycles. The summed E-state index contributed by atoms with van der Waals surface area (Å²) in [7, 11) is 0. The van der Waals surface area contributed by atoms with Crippen molar-refractivity contribution in [3.05, 3.63) is 253 Å². The molecule has 1 aliphatic rings. The van der Waals surface area contributed by atoms with Crippen LogP contribution >= 0.6 is 0 Å². The van der Waals surface area contributed by atoms with Crippen molar-refractivity contribution in [2.45, 2.75) is 12.3 Å². The van der Waals surface area contributed by atoms with Crippen LogP contribution in [-0.4, -0.2) is 4.57 Å². The number of rotatable bonds is 7. The third kappa shape index (κ3) is 5.72. The van der Waals surface area contributed by atoms with Crippen LogP contribution in [0.5, 0.6) is 0 Å². The zero-order chi connectivity index (χ0) is 41.2. The van der Waals surface area contributed by atoms with Gasteiger partial charge in [0.15, 0.2) is 0 Å². The molecule has 11 aromatic rings. The van der Waals surface area contributed by atoms with Crippen LogP contribution in [0.4, 0.5) is 17.1 Å². The van der Waals surface area contributed by atoms with E-state index in [1.165, 1.54) is 82.6 Å². The molecular formula is C60H42N2. The average molecular weight is 791 g/mol. The molecule has 2 nitrogen and oxygen atoms in total. The first-order chi connectivity index (χ1) is 30.6. The van der Waals surface area contributed by atoms with Gasteiger partial charge in [0.25, 0.3) is 0 Å². The van der Waals surface area contributed by atoms with Gasteiger partial charge in [-0.25, -0.2) is 0 Å². The van der Waals surface area contributed by atoms with Gasteiger partial charge in [-0.05, 0) is 141 Å². The molecule has 0 fully saturated rings. The van der Waals surface area contributed by atoms with Crippen LogP contribution in [0.3, 0.4) is 0 Å². The minimum Gasteiger partial charge on any atom is -0.310 e. The Labute approximate surface area is 362 Å². The van der Waals surface area contributed by atoms with Gasteiger partial charge in [0, 0.05) is 38.9 Å². The standard InChI is InChI=1S/C60H42N2/c1-60(56-22-12-10-20-52(56)53-21-11-13-23-57(53)60)47-29-34-50(35-30-47)61(51-33-26-42-16-8-9-17-44(42)38-51)49-31-24-43(25-32-49)46-28-37-59-55(40-46)54-39-45(41-14-4-2-5-15-41)27-36-58(54)62(59)48-18-6-3-7-19-48/h2-40H,1H3. The monoisotopic (exact) mass is 790 g/mol. The fourth-order valence-corrected chi connectivity index (χ4v) is 10.1. The maximum absolute atomic E-state index is 2.39. The molecule has 0 atom stereocenters. The highest BCUT2D eigenvalue weighted by molar-refractivity contribution is 6.11. The minimum absolute atomic E-state index is 0.251. The fraction of sp³-hybridized carbons (Fsp3) is 0.0333. The molecule has 0 amide bonds. The van der Waals surface area contributed by atoms with E-state index in [0.717, 1.165) is 22.7 Å². The van der Waals surface area contributed by atoms with Crippen LogP contribution in [0.1, 0.15) is 23.6 Å². The lowest BCUT2D eigenvalue weighted by Gasteiger charge is -2.30. The first kappa shape index (κ1) is 36.0. The zero-order valence-corrected chi connectivity index (χ0v) is 34.4. The molecule has 0 saturated heterocycles. The smallest absolute Gasteiger partial charge is 0.0541 e. The molecule has 0 spiro atoms. The normalized spacial score (nSPS) is 12.7. The van der Waals surface area contributed by atoms with E-state index < -0.39 is 0 Å². The Morgan fingerprint density at radius 1 is 0.355 bits per heavy atom. The lowest BCUT2D eigenvalue weighted by atomic mass is 9.74. The van der Waals surface area contributed by atoms with Crippen LogP contribution in [0, 0.1) is 0 Å². The highest BCUT2D eigenvalue weighted by Gasteiger charge is 2.40. The van der Waals surface area contributed by atoms with Crippen molar-refractivity contribution in [2.24, 2.45) is 0 Å². The number of benzene rings is 10. The first-order valence-electron chi connectivity index (χ1n) is 21.5. The number of nitrogens with zero attached hydrogens (tertiary/aromatic N) is 2. The molecule has 292 valence electrons. The van der Waals surface area contributed by atoms with E-state index >= 15 is 0 Å². The first-order valence-corrected chi connectivity index (χ1v) is 21.5. The molecule has 0 aliphatic heterocycles. The Balaban J connectivity index is 0.958. The van der Waals surface area contributed by atoms with Crippen LogP contribution in [0.25, 0.3) is 71.6 Å². The van der Waals surface area contributed by atoms with E-state index in [4.69, 9.17) is 0 Å². The molecule has 12 rings (SSSR count). The molecule has 0 unspecified atom stereocenters. The summed E-state index contributed by atoms with van der Waals surface area (Å²) in [5, 5.41) is 4.93. The van der Waals surface area contributed by atoms with Gasteiger partial charge in [0.05, 0.1) is 11.0 Å². The van der Waals surface area contributed by atoms with E-state index in [2.05, 4.69) is 253 Å². The van der Waals surface area contributed by atoms with E-state index in [9.17, 15) is 0 Å². The number of aromatic nitrogens is 1. The molecule has 0 N–H and O–H groups in total. The second kappa shape index (κ2) is 14.4. The predicted octanol–water partition coefficient (Wildman–Crippen LogP) is 16.1. The summed E-state index contributed by atoms with van der Waals surface area (Å²) >= 11 is 0. The lowest BCUT2D eigenvalue weighted by Crippen LogP contribution is -2.22. The summed E-state index contributed by atoms with van der Waals surface area (Å²) in [5.74, 6) is 0. The molecule has 1 aliphatic carbocycles. The summed E-state index contributed by atoms with van der Waals surface area (Å²) < 4.78 is 2.39. The molecule has 0 radical (unpaired) electrons. The average Bonchev–Trinajstić information content (AvgIpc) is 3.81. The van der Waals surface area contributed by atoms with Crippen LogP contribution < -0.4 is 4.90 Å². The number of hydrogen-bond donors (Lipinski definition) is 0. The zero-order valence-electron chi connectivity index (χ0n) is 34.4. The summed E-state index contributed by atoms with van der Waals surface area (Å²) in [6.07, 6.45) is 0. The molecule has 0 saturated carbocycles. The number of para-hydroxylation sites is 1. The van der Waals surface area contributed by atoms with Crippen LogP contribution in [0.15, 0.2) is 237 Å². The highest BCUT2D eigenvalue weighted by atomic mass is 15.1. The van der Waals surface area contributed by atoms with Crippen molar-refractivity contribution < 1.29 is 0 Å². The second-order valence-corrected chi connectivity index (χ2v) is 16.7. The van der Waals surface area contributed by atoms with Crippen molar-refractivity contribution >= 4 is 49.6 Å². The van der Waals surface area contributed by atoms with Crippen molar-refractivity contribution in [1.29, 1.82) is 0 Å². The molecule has 10 aromatic carbocycles. The van der Waals surface area contributed by atoms with Crippen molar-refractivity contribution in [1.82, 2.24) is 4.57 Å². The minimum atomic E-state index is -0.251. The van der Waals surface area contributed by atoms with Crippen molar-refractivity contribution in [2.75, 3.05) is 4.90 Å². The van der Waals surface area contributed by atoms with Gasteiger partial charge < -0.3 is 9.47 Å². The lowest BCUT2D eigenvalue weighted by molar-refractivity contribution is 0.714.